The Morgan fingerprint density at radius 3 is 2.67 bits per heavy atom. The molecule has 0 aliphatic carbocycles. The lowest BCUT2D eigenvalue weighted by Crippen LogP contribution is -2.11. The number of hydrogen-bond donors (Lipinski definition) is 0. The molecule has 0 unspecified atom stereocenters. The van der Waals surface area contributed by atoms with Crippen molar-refractivity contribution in [3.63, 3.8) is 0 Å². The maximum absolute atomic E-state index is 13.0. The number of fused-ring (bicyclic) bond motifs is 2. The zero-order valence-electron chi connectivity index (χ0n) is 18.1. The van der Waals surface area contributed by atoms with Crippen LogP contribution in [0, 0.1) is 6.92 Å². The molecule has 5 nitrogen and oxygen atoms in total. The molecule has 1 aliphatic rings. The molecule has 4 aromatic rings. The zero-order valence-corrected chi connectivity index (χ0v) is 18.8. The van der Waals surface area contributed by atoms with Crippen LogP contribution in [0.1, 0.15) is 27.0 Å². The molecule has 0 N–H and O–H groups in total. The lowest BCUT2D eigenvalue weighted by molar-refractivity contribution is -0.133. The van der Waals surface area contributed by atoms with Gasteiger partial charge in [0.05, 0.1) is 12.0 Å². The Morgan fingerprint density at radius 2 is 1.88 bits per heavy atom. The number of benzene rings is 3. The van der Waals surface area contributed by atoms with E-state index in [9.17, 15) is 9.59 Å². The summed E-state index contributed by atoms with van der Waals surface area (Å²) in [5.41, 5.74) is 3.94. The minimum absolute atomic E-state index is 0.110. The van der Waals surface area contributed by atoms with Gasteiger partial charge in [-0.1, -0.05) is 41.9 Å². The SMILES string of the molecule is Cc1cc(OC(=O)Cc2ccc(Cl)cc2)cc2c1C(=O)/C(=C/c1cn(C)c3ccccc13)O2. The van der Waals surface area contributed by atoms with Gasteiger partial charge < -0.3 is 14.0 Å². The Hall–Kier alpha value is -3.83. The second-order valence-electron chi connectivity index (χ2n) is 8.04. The van der Waals surface area contributed by atoms with Crippen molar-refractivity contribution in [3.05, 3.63) is 99.9 Å². The summed E-state index contributed by atoms with van der Waals surface area (Å²) in [4.78, 5) is 25.4. The molecule has 2 heterocycles. The number of aromatic nitrogens is 1. The second-order valence-corrected chi connectivity index (χ2v) is 8.48. The standard InChI is InChI=1S/C27H20ClNO4/c1-16-11-20(32-25(30)12-17-7-9-19(28)10-8-17)14-23-26(16)27(31)24(33-23)13-18-15-29(2)22-6-4-3-5-21(18)22/h3-11,13-15H,12H2,1-2H3/b24-13-. The van der Waals surface area contributed by atoms with Crippen LogP contribution in [0.15, 0.2) is 72.6 Å². The van der Waals surface area contributed by atoms with E-state index < -0.39 is 5.97 Å². The van der Waals surface area contributed by atoms with Crippen LogP contribution in [0.25, 0.3) is 17.0 Å². The number of carbonyl (C=O) groups is 2. The Kier molecular flexibility index (Phi) is 5.27. The fourth-order valence-electron chi connectivity index (χ4n) is 4.10. The predicted molar refractivity (Wildman–Crippen MR) is 128 cm³/mol. The highest BCUT2D eigenvalue weighted by molar-refractivity contribution is 6.30. The Labute approximate surface area is 195 Å². The first-order valence-corrected chi connectivity index (χ1v) is 10.8. The van der Waals surface area contributed by atoms with Gasteiger partial charge in [-0.3, -0.25) is 9.59 Å². The van der Waals surface area contributed by atoms with Gasteiger partial charge >= 0.3 is 5.97 Å². The quantitative estimate of drug-likeness (QED) is 0.217. The molecule has 6 heteroatoms. The van der Waals surface area contributed by atoms with Gasteiger partial charge in [-0.2, -0.15) is 0 Å². The van der Waals surface area contributed by atoms with Crippen LogP contribution in [0.4, 0.5) is 0 Å². The molecule has 0 saturated carbocycles. The molecule has 0 amide bonds. The molecule has 0 spiro atoms. The van der Waals surface area contributed by atoms with Gasteiger partial charge in [-0.05, 0) is 48.4 Å². The Balaban J connectivity index is 1.39. The molecule has 164 valence electrons. The first kappa shape index (κ1) is 21.0. The number of hydrogen-bond acceptors (Lipinski definition) is 4. The molecule has 1 aromatic heterocycles. The number of ketones is 1. The highest BCUT2D eigenvalue weighted by atomic mass is 35.5. The molecule has 33 heavy (non-hydrogen) atoms. The van der Waals surface area contributed by atoms with E-state index in [1.54, 1.807) is 49.4 Å². The van der Waals surface area contributed by atoms with E-state index in [-0.39, 0.29) is 18.0 Å². The van der Waals surface area contributed by atoms with Crippen LogP contribution in [0.3, 0.4) is 0 Å². The van der Waals surface area contributed by atoms with Crippen LogP contribution in [0.2, 0.25) is 5.02 Å². The molecule has 0 radical (unpaired) electrons. The number of ether oxygens (including phenoxy) is 2. The van der Waals surface area contributed by atoms with E-state index in [0.29, 0.717) is 27.6 Å². The smallest absolute Gasteiger partial charge is 0.315 e. The number of nitrogens with zero attached hydrogens (tertiary/aromatic N) is 1. The van der Waals surface area contributed by atoms with E-state index in [1.807, 2.05) is 42.1 Å². The topological polar surface area (TPSA) is 57.5 Å². The van der Waals surface area contributed by atoms with Crippen LogP contribution in [0.5, 0.6) is 11.5 Å². The Bertz CT molecular complexity index is 1450. The van der Waals surface area contributed by atoms with Crippen molar-refractivity contribution in [3.8, 4) is 11.5 Å². The zero-order chi connectivity index (χ0) is 23.1. The molecule has 0 bridgehead atoms. The number of Topliss-reactive ketones (excluding diaryl/α,β-unsaturated/α-hetero) is 1. The van der Waals surface area contributed by atoms with Gasteiger partial charge in [0, 0.05) is 40.8 Å². The predicted octanol–water partition coefficient (Wildman–Crippen LogP) is 5.90. The van der Waals surface area contributed by atoms with Gasteiger partial charge in [0.25, 0.3) is 0 Å². The largest absolute Gasteiger partial charge is 0.452 e. The van der Waals surface area contributed by atoms with Crippen molar-refractivity contribution in [1.82, 2.24) is 4.57 Å². The Morgan fingerprint density at radius 1 is 1.12 bits per heavy atom. The molecule has 5 rings (SSSR count). The first-order chi connectivity index (χ1) is 15.9. The minimum atomic E-state index is -0.410. The van der Waals surface area contributed by atoms with Gasteiger partial charge in [-0.15, -0.1) is 0 Å². The van der Waals surface area contributed by atoms with E-state index >= 15 is 0 Å². The summed E-state index contributed by atoms with van der Waals surface area (Å²) in [6, 6.07) is 18.3. The minimum Gasteiger partial charge on any atom is -0.452 e. The molecule has 1 aliphatic heterocycles. The summed E-state index contributed by atoms with van der Waals surface area (Å²) in [5, 5.41) is 1.64. The van der Waals surface area contributed by atoms with Crippen molar-refractivity contribution >= 4 is 40.3 Å². The molecule has 3 aromatic carbocycles. The highest BCUT2D eigenvalue weighted by Crippen LogP contribution is 2.38. The average Bonchev–Trinajstić information content (AvgIpc) is 3.27. The number of allylic oxidation sites excluding steroid dienone is 1. The lowest BCUT2D eigenvalue weighted by Gasteiger charge is -2.08. The van der Waals surface area contributed by atoms with Crippen LogP contribution >= 0.6 is 11.6 Å². The van der Waals surface area contributed by atoms with Crippen LogP contribution in [-0.2, 0) is 18.3 Å². The summed E-state index contributed by atoms with van der Waals surface area (Å²) in [6.45, 7) is 1.80. The molecule has 0 fully saturated rings. The lowest BCUT2D eigenvalue weighted by atomic mass is 10.0. The van der Waals surface area contributed by atoms with E-state index in [2.05, 4.69) is 0 Å². The third-order valence-corrected chi connectivity index (χ3v) is 5.90. The molecule has 0 saturated heterocycles. The van der Waals surface area contributed by atoms with E-state index in [1.165, 1.54) is 0 Å². The second kappa shape index (κ2) is 8.26. The highest BCUT2D eigenvalue weighted by Gasteiger charge is 2.30. The van der Waals surface area contributed by atoms with Gasteiger partial charge in [0.2, 0.25) is 5.78 Å². The van der Waals surface area contributed by atoms with Crippen molar-refractivity contribution in [2.24, 2.45) is 7.05 Å². The van der Waals surface area contributed by atoms with Crippen molar-refractivity contribution in [1.29, 1.82) is 0 Å². The number of halogens is 1. The summed E-state index contributed by atoms with van der Waals surface area (Å²) in [6.07, 6.45) is 3.84. The normalized spacial score (nSPS) is 13.9. The third kappa shape index (κ3) is 4.03. The molecule has 0 atom stereocenters. The number of carbonyl (C=O) groups excluding carboxylic acids is 2. The van der Waals surface area contributed by atoms with Crippen LogP contribution < -0.4 is 9.47 Å². The number of rotatable bonds is 4. The number of esters is 1. The fraction of sp³-hybridized carbons (Fsp3) is 0.111. The molecular weight excluding hydrogens is 438 g/mol. The van der Waals surface area contributed by atoms with E-state index in [4.69, 9.17) is 21.1 Å². The summed E-state index contributed by atoms with van der Waals surface area (Å²) >= 11 is 5.89. The summed E-state index contributed by atoms with van der Waals surface area (Å²) in [7, 11) is 1.96. The third-order valence-electron chi connectivity index (χ3n) is 5.65. The van der Waals surface area contributed by atoms with Gasteiger partial charge in [-0.25, -0.2) is 0 Å². The van der Waals surface area contributed by atoms with Crippen molar-refractivity contribution in [2.45, 2.75) is 13.3 Å². The van der Waals surface area contributed by atoms with Crippen molar-refractivity contribution in [2.75, 3.05) is 0 Å². The van der Waals surface area contributed by atoms with Gasteiger partial charge in [0.15, 0.2) is 5.76 Å². The maximum atomic E-state index is 13.0. The first-order valence-electron chi connectivity index (χ1n) is 10.5. The fourth-order valence-corrected chi connectivity index (χ4v) is 4.23. The summed E-state index contributed by atoms with van der Waals surface area (Å²) < 4.78 is 13.4. The van der Waals surface area contributed by atoms with Crippen molar-refractivity contribution < 1.29 is 19.1 Å². The molecular formula is C27H20ClNO4. The summed E-state index contributed by atoms with van der Waals surface area (Å²) in [5.74, 6) is 0.376. The monoisotopic (exact) mass is 457 g/mol. The average molecular weight is 458 g/mol. The number of aryl methyl sites for hydroxylation is 2. The van der Waals surface area contributed by atoms with Gasteiger partial charge in [0.1, 0.15) is 11.5 Å². The number of para-hydroxylation sites is 1. The van der Waals surface area contributed by atoms with E-state index in [0.717, 1.165) is 22.0 Å². The van der Waals surface area contributed by atoms with Crippen LogP contribution in [-0.4, -0.2) is 16.3 Å². The maximum Gasteiger partial charge on any atom is 0.315 e.